The Morgan fingerprint density at radius 2 is 2.00 bits per heavy atom. The van der Waals surface area contributed by atoms with E-state index in [-0.39, 0.29) is 12.2 Å². The van der Waals surface area contributed by atoms with Crippen LogP contribution in [-0.2, 0) is 0 Å². The van der Waals surface area contributed by atoms with Crippen molar-refractivity contribution >= 4 is 23.4 Å². The molecular weight excluding hydrogens is 200 g/mol. The van der Waals surface area contributed by atoms with E-state index >= 15 is 0 Å². The molecule has 1 aliphatic heterocycles. The normalized spacial score (nSPS) is 20.7. The lowest BCUT2D eigenvalue weighted by molar-refractivity contribution is 0.237. The van der Waals surface area contributed by atoms with Gasteiger partial charge in [0.2, 0.25) is 0 Å². The van der Waals surface area contributed by atoms with Crippen LogP contribution in [0.1, 0.15) is 11.7 Å². The molecule has 2 rings (SSSR count). The van der Waals surface area contributed by atoms with Gasteiger partial charge in [-0.05, 0) is 29.9 Å². The van der Waals surface area contributed by atoms with E-state index in [4.69, 9.17) is 12.2 Å². The van der Waals surface area contributed by atoms with Crippen LogP contribution in [0.3, 0.4) is 0 Å². The lowest BCUT2D eigenvalue weighted by Crippen LogP contribution is -2.56. The number of nitrogens with zero attached hydrogens (tertiary/aromatic N) is 1. The largest absolute Gasteiger partial charge is 0.338 e. The Kier molecular flexibility index (Phi) is 2.28. The van der Waals surface area contributed by atoms with Crippen LogP contribution in [-0.4, -0.2) is 16.1 Å². The second-order valence-electron chi connectivity index (χ2n) is 2.79. The average molecular weight is 208 g/mol. The van der Waals surface area contributed by atoms with Crippen LogP contribution in [0.25, 0.3) is 0 Å². The molecule has 14 heavy (non-hydrogen) atoms. The number of hydrogen-bond donors (Lipinski definition) is 3. The van der Waals surface area contributed by atoms with Gasteiger partial charge in [0, 0.05) is 12.4 Å². The lowest BCUT2D eigenvalue weighted by atomic mass is 10.2. The van der Waals surface area contributed by atoms with Gasteiger partial charge in [-0.2, -0.15) is 0 Å². The molecule has 1 atom stereocenters. The topological polar surface area (TPSA) is 66.0 Å². The van der Waals surface area contributed by atoms with Crippen LogP contribution < -0.4 is 16.0 Å². The summed E-state index contributed by atoms with van der Waals surface area (Å²) in [4.78, 5) is 15.0. The SMILES string of the molecule is O=C1NC(=S)NC(c2ccncc2)N1. The molecule has 1 saturated heterocycles. The zero-order chi connectivity index (χ0) is 9.97. The minimum absolute atomic E-state index is 0.278. The number of hydrogen-bond acceptors (Lipinski definition) is 3. The molecule has 0 radical (unpaired) electrons. The fourth-order valence-electron chi connectivity index (χ4n) is 1.20. The van der Waals surface area contributed by atoms with Crippen molar-refractivity contribution in [2.75, 3.05) is 0 Å². The van der Waals surface area contributed by atoms with Gasteiger partial charge in [0.05, 0.1) is 0 Å². The zero-order valence-electron chi connectivity index (χ0n) is 7.15. The Bertz CT molecular complexity index is 351. The quantitative estimate of drug-likeness (QED) is 0.579. The van der Waals surface area contributed by atoms with Crippen molar-refractivity contribution in [1.29, 1.82) is 0 Å². The number of amides is 2. The summed E-state index contributed by atoms with van der Waals surface area (Å²) in [6, 6.07) is 3.33. The first-order valence-corrected chi connectivity index (χ1v) is 4.44. The van der Waals surface area contributed by atoms with Crippen LogP contribution in [0.15, 0.2) is 24.5 Å². The number of urea groups is 1. The summed E-state index contributed by atoms with van der Waals surface area (Å²) in [5.74, 6) is 0. The Balaban J connectivity index is 2.19. The zero-order valence-corrected chi connectivity index (χ0v) is 7.97. The minimum Gasteiger partial charge on any atom is -0.338 e. The van der Waals surface area contributed by atoms with Gasteiger partial charge in [0.1, 0.15) is 6.17 Å². The van der Waals surface area contributed by atoms with Crippen LogP contribution >= 0.6 is 12.2 Å². The van der Waals surface area contributed by atoms with Gasteiger partial charge in [0.25, 0.3) is 0 Å². The maximum Gasteiger partial charge on any atom is 0.322 e. The van der Waals surface area contributed by atoms with Crippen LogP contribution in [0.4, 0.5) is 4.79 Å². The molecule has 72 valence electrons. The predicted octanol–water partition coefficient (Wildman–Crippen LogP) is 0.267. The van der Waals surface area contributed by atoms with E-state index in [2.05, 4.69) is 20.9 Å². The summed E-state index contributed by atoms with van der Waals surface area (Å²) in [5.41, 5.74) is 0.914. The molecule has 2 heterocycles. The highest BCUT2D eigenvalue weighted by Gasteiger charge is 2.20. The van der Waals surface area contributed by atoms with Crippen molar-refractivity contribution in [2.45, 2.75) is 6.17 Å². The maximum absolute atomic E-state index is 11.1. The van der Waals surface area contributed by atoms with E-state index < -0.39 is 0 Å². The molecule has 6 heteroatoms. The molecular formula is C8H8N4OS. The third kappa shape index (κ3) is 1.80. The van der Waals surface area contributed by atoms with Crippen LogP contribution in [0.5, 0.6) is 0 Å². The number of thiocarbonyl (C=S) groups is 1. The monoisotopic (exact) mass is 208 g/mol. The molecule has 5 nitrogen and oxygen atoms in total. The van der Waals surface area contributed by atoms with E-state index in [1.807, 2.05) is 12.1 Å². The van der Waals surface area contributed by atoms with E-state index in [1.54, 1.807) is 12.4 Å². The molecule has 1 unspecified atom stereocenters. The van der Waals surface area contributed by atoms with Crippen molar-refractivity contribution < 1.29 is 4.79 Å². The molecule has 0 bridgehead atoms. The predicted molar refractivity (Wildman–Crippen MR) is 54.4 cm³/mol. The van der Waals surface area contributed by atoms with Gasteiger partial charge < -0.3 is 10.6 Å². The highest BCUT2D eigenvalue weighted by atomic mass is 32.1. The molecule has 1 fully saturated rings. The molecule has 2 amide bonds. The summed E-state index contributed by atoms with van der Waals surface area (Å²) in [5, 5.41) is 8.37. The van der Waals surface area contributed by atoms with E-state index in [1.165, 1.54) is 0 Å². The van der Waals surface area contributed by atoms with Crippen molar-refractivity contribution in [1.82, 2.24) is 20.9 Å². The van der Waals surface area contributed by atoms with Crippen LogP contribution in [0.2, 0.25) is 0 Å². The van der Waals surface area contributed by atoms with E-state index in [0.717, 1.165) is 5.56 Å². The van der Waals surface area contributed by atoms with Gasteiger partial charge in [-0.25, -0.2) is 4.79 Å². The molecule has 0 aliphatic carbocycles. The Morgan fingerprint density at radius 3 is 2.64 bits per heavy atom. The molecule has 1 aliphatic rings. The number of nitrogens with one attached hydrogen (secondary N) is 3. The van der Waals surface area contributed by atoms with E-state index in [0.29, 0.717) is 5.11 Å². The number of rotatable bonds is 1. The molecule has 0 aromatic carbocycles. The standard InChI is InChI=1S/C8H8N4OS/c13-7-10-6(11-8(14)12-7)5-1-3-9-4-2-5/h1-4,6H,(H3,10,11,12,13,14). The first kappa shape index (κ1) is 8.89. The van der Waals surface area contributed by atoms with Gasteiger partial charge >= 0.3 is 6.03 Å². The smallest absolute Gasteiger partial charge is 0.322 e. The van der Waals surface area contributed by atoms with E-state index in [9.17, 15) is 4.79 Å². The van der Waals surface area contributed by atoms with Gasteiger partial charge in [-0.15, -0.1) is 0 Å². The number of aromatic nitrogens is 1. The van der Waals surface area contributed by atoms with Gasteiger partial charge in [-0.1, -0.05) is 0 Å². The molecule has 1 aromatic heterocycles. The van der Waals surface area contributed by atoms with Crippen molar-refractivity contribution in [2.24, 2.45) is 0 Å². The third-order valence-corrected chi connectivity index (χ3v) is 2.04. The fraction of sp³-hybridized carbons (Fsp3) is 0.125. The fourth-order valence-corrected chi connectivity index (χ4v) is 1.41. The second kappa shape index (κ2) is 3.59. The summed E-state index contributed by atoms with van der Waals surface area (Å²) >= 11 is 4.86. The van der Waals surface area contributed by atoms with Crippen LogP contribution in [0, 0.1) is 0 Å². The molecule has 3 N–H and O–H groups in total. The van der Waals surface area contributed by atoms with Crippen molar-refractivity contribution in [3.63, 3.8) is 0 Å². The average Bonchev–Trinajstić information content (AvgIpc) is 2.18. The summed E-state index contributed by atoms with van der Waals surface area (Å²) in [6.07, 6.45) is 3.04. The summed E-state index contributed by atoms with van der Waals surface area (Å²) in [6.45, 7) is 0. The number of pyridine rings is 1. The van der Waals surface area contributed by atoms with Crippen molar-refractivity contribution in [3.05, 3.63) is 30.1 Å². The second-order valence-corrected chi connectivity index (χ2v) is 3.19. The highest BCUT2D eigenvalue weighted by molar-refractivity contribution is 7.80. The first-order valence-electron chi connectivity index (χ1n) is 4.03. The lowest BCUT2D eigenvalue weighted by Gasteiger charge is -2.26. The maximum atomic E-state index is 11.1. The molecule has 0 spiro atoms. The van der Waals surface area contributed by atoms with Gasteiger partial charge in [0.15, 0.2) is 5.11 Å². The number of carbonyl (C=O) groups is 1. The highest BCUT2D eigenvalue weighted by Crippen LogP contribution is 2.09. The summed E-state index contributed by atoms with van der Waals surface area (Å²) < 4.78 is 0. The molecule has 0 saturated carbocycles. The first-order chi connectivity index (χ1) is 6.75. The Labute approximate surface area is 85.9 Å². The van der Waals surface area contributed by atoms with Gasteiger partial charge in [-0.3, -0.25) is 10.3 Å². The van der Waals surface area contributed by atoms with Crippen molar-refractivity contribution in [3.8, 4) is 0 Å². The Morgan fingerprint density at radius 1 is 1.29 bits per heavy atom. The number of carbonyl (C=O) groups excluding carboxylic acids is 1. The summed E-state index contributed by atoms with van der Waals surface area (Å²) in [7, 11) is 0. The molecule has 1 aromatic rings. The Hall–Kier alpha value is -1.69. The minimum atomic E-state index is -0.296. The third-order valence-electron chi connectivity index (χ3n) is 1.82.